The van der Waals surface area contributed by atoms with Gasteiger partial charge in [-0.15, -0.1) is 0 Å². The minimum absolute atomic E-state index is 0.0152. The molecule has 166 valence electrons. The zero-order valence-corrected chi connectivity index (χ0v) is 19.9. The van der Waals surface area contributed by atoms with Gasteiger partial charge in [-0.1, -0.05) is 15.9 Å². The van der Waals surface area contributed by atoms with E-state index in [1.807, 2.05) is 18.2 Å². The number of hydrogen-bond acceptors (Lipinski definition) is 5. The molecule has 1 saturated heterocycles. The van der Waals surface area contributed by atoms with Crippen molar-refractivity contribution in [2.75, 3.05) is 38.8 Å². The van der Waals surface area contributed by atoms with Gasteiger partial charge in [-0.05, 0) is 55.2 Å². The number of carbonyl (C=O) groups excluding carboxylic acids is 1. The van der Waals surface area contributed by atoms with Crippen molar-refractivity contribution in [3.8, 4) is 11.5 Å². The third kappa shape index (κ3) is 4.18. The Balaban J connectivity index is 1.57. The number of nitrogens with zero attached hydrogens (tertiary/aromatic N) is 2. The quantitative estimate of drug-likeness (QED) is 0.617. The summed E-state index contributed by atoms with van der Waals surface area (Å²) in [4.78, 5) is 15.2. The number of hydrogen-bond donors (Lipinski definition) is 0. The van der Waals surface area contributed by atoms with E-state index in [1.165, 1.54) is 24.6 Å². The van der Waals surface area contributed by atoms with E-state index >= 15 is 0 Å². The molecule has 2 aromatic carbocycles. The van der Waals surface area contributed by atoms with E-state index in [2.05, 4.69) is 15.9 Å². The summed E-state index contributed by atoms with van der Waals surface area (Å²) in [6, 6.07) is 10.6. The van der Waals surface area contributed by atoms with E-state index < -0.39 is 10.0 Å². The fraction of sp³-hybridized carbons (Fsp3) is 0.409. The van der Waals surface area contributed by atoms with Gasteiger partial charge in [0.2, 0.25) is 15.9 Å². The minimum Gasteiger partial charge on any atom is -0.497 e. The molecule has 0 aromatic heterocycles. The second kappa shape index (κ2) is 8.80. The van der Waals surface area contributed by atoms with Crippen LogP contribution < -0.4 is 14.4 Å². The SMILES string of the molecule is COc1ccc(OC)c(S(=O)(=O)N2CCC[C@@H](C(=O)N3CCc4cc(Br)ccc43)C2)c1. The van der Waals surface area contributed by atoms with Gasteiger partial charge in [0.1, 0.15) is 16.4 Å². The number of halogens is 1. The summed E-state index contributed by atoms with van der Waals surface area (Å²) >= 11 is 3.48. The Morgan fingerprint density at radius 3 is 2.65 bits per heavy atom. The van der Waals surface area contributed by atoms with Gasteiger partial charge < -0.3 is 14.4 Å². The monoisotopic (exact) mass is 508 g/mol. The Morgan fingerprint density at radius 2 is 1.90 bits per heavy atom. The summed E-state index contributed by atoms with van der Waals surface area (Å²) in [7, 11) is -0.919. The van der Waals surface area contributed by atoms with Crippen molar-refractivity contribution in [3.63, 3.8) is 0 Å². The number of ether oxygens (including phenoxy) is 2. The highest BCUT2D eigenvalue weighted by Crippen LogP contribution is 2.35. The predicted molar refractivity (Wildman–Crippen MR) is 121 cm³/mol. The number of piperidine rings is 1. The van der Waals surface area contributed by atoms with E-state index in [1.54, 1.807) is 17.0 Å². The number of fused-ring (bicyclic) bond motifs is 1. The molecule has 1 fully saturated rings. The van der Waals surface area contributed by atoms with Crippen LogP contribution in [0.25, 0.3) is 0 Å². The molecule has 0 bridgehead atoms. The summed E-state index contributed by atoms with van der Waals surface area (Å²) in [6.07, 6.45) is 2.10. The second-order valence-electron chi connectivity index (χ2n) is 7.73. The largest absolute Gasteiger partial charge is 0.497 e. The van der Waals surface area contributed by atoms with Gasteiger partial charge >= 0.3 is 0 Å². The third-order valence-electron chi connectivity index (χ3n) is 5.93. The van der Waals surface area contributed by atoms with Crippen LogP contribution in [0.3, 0.4) is 0 Å². The molecule has 2 aliphatic rings. The number of carbonyl (C=O) groups is 1. The van der Waals surface area contributed by atoms with Crippen LogP contribution in [-0.2, 0) is 21.2 Å². The normalized spacial score (nSPS) is 19.2. The highest BCUT2D eigenvalue weighted by atomic mass is 79.9. The molecule has 2 aromatic rings. The van der Waals surface area contributed by atoms with Crippen LogP contribution in [-0.4, -0.2) is 52.5 Å². The zero-order valence-electron chi connectivity index (χ0n) is 17.5. The number of methoxy groups -OCH3 is 2. The first-order valence-corrected chi connectivity index (χ1v) is 12.4. The Bertz CT molecular complexity index is 1110. The molecule has 0 unspecified atom stereocenters. The maximum Gasteiger partial charge on any atom is 0.246 e. The molecular formula is C22H25BrN2O5S. The first-order chi connectivity index (χ1) is 14.8. The van der Waals surface area contributed by atoms with Gasteiger partial charge in [-0.25, -0.2) is 8.42 Å². The standard InChI is InChI=1S/C22H25BrN2O5S/c1-29-18-6-8-20(30-2)21(13-18)31(27,28)24-10-3-4-16(14-24)22(26)25-11-9-15-12-17(23)5-7-19(15)25/h5-8,12-13,16H,3-4,9-11,14H2,1-2H3/t16-/m1/s1. The molecule has 0 N–H and O–H groups in total. The van der Waals surface area contributed by atoms with Gasteiger partial charge in [0, 0.05) is 35.9 Å². The maximum absolute atomic E-state index is 13.4. The molecule has 1 atom stereocenters. The molecule has 0 saturated carbocycles. The second-order valence-corrected chi connectivity index (χ2v) is 10.6. The topological polar surface area (TPSA) is 76.1 Å². The summed E-state index contributed by atoms with van der Waals surface area (Å²) in [5.74, 6) is 0.297. The van der Waals surface area contributed by atoms with Gasteiger partial charge in [-0.2, -0.15) is 4.31 Å². The summed E-state index contributed by atoms with van der Waals surface area (Å²) in [6.45, 7) is 1.15. The van der Waals surface area contributed by atoms with Crippen molar-refractivity contribution in [1.82, 2.24) is 4.31 Å². The van der Waals surface area contributed by atoms with Gasteiger partial charge in [0.25, 0.3) is 0 Å². The number of sulfonamides is 1. The van der Waals surface area contributed by atoms with Crippen molar-refractivity contribution in [3.05, 3.63) is 46.4 Å². The van der Waals surface area contributed by atoms with Gasteiger partial charge in [-0.3, -0.25) is 4.79 Å². The zero-order chi connectivity index (χ0) is 22.2. The van der Waals surface area contributed by atoms with E-state index in [0.29, 0.717) is 31.7 Å². The van der Waals surface area contributed by atoms with Crippen LogP contribution in [0.2, 0.25) is 0 Å². The lowest BCUT2D eigenvalue weighted by Crippen LogP contribution is -2.46. The van der Waals surface area contributed by atoms with Gasteiger partial charge in [0.05, 0.1) is 20.1 Å². The number of benzene rings is 2. The summed E-state index contributed by atoms with van der Waals surface area (Å²) < 4.78 is 39.7. The molecule has 7 nitrogen and oxygen atoms in total. The van der Waals surface area contributed by atoms with Crippen molar-refractivity contribution >= 4 is 37.5 Å². The third-order valence-corrected chi connectivity index (χ3v) is 8.30. The lowest BCUT2D eigenvalue weighted by Gasteiger charge is -2.33. The molecule has 0 aliphatic carbocycles. The highest BCUT2D eigenvalue weighted by Gasteiger charge is 2.38. The van der Waals surface area contributed by atoms with Crippen LogP contribution in [0.1, 0.15) is 18.4 Å². The molecule has 9 heteroatoms. The summed E-state index contributed by atoms with van der Waals surface area (Å²) in [5, 5.41) is 0. The molecule has 0 radical (unpaired) electrons. The van der Waals surface area contributed by atoms with E-state index in [4.69, 9.17) is 9.47 Å². The molecule has 2 heterocycles. The van der Waals surface area contributed by atoms with Crippen LogP contribution >= 0.6 is 15.9 Å². The van der Waals surface area contributed by atoms with Crippen LogP contribution in [0, 0.1) is 5.92 Å². The van der Waals surface area contributed by atoms with Crippen molar-refractivity contribution < 1.29 is 22.7 Å². The minimum atomic E-state index is -3.84. The first kappa shape index (κ1) is 22.1. The van der Waals surface area contributed by atoms with Crippen LogP contribution in [0.5, 0.6) is 11.5 Å². The molecule has 4 rings (SSSR count). The van der Waals surface area contributed by atoms with E-state index in [0.717, 1.165) is 22.1 Å². The van der Waals surface area contributed by atoms with Crippen LogP contribution in [0.4, 0.5) is 5.69 Å². The molecule has 0 spiro atoms. The lowest BCUT2D eigenvalue weighted by molar-refractivity contribution is -0.123. The van der Waals surface area contributed by atoms with Crippen molar-refractivity contribution in [2.45, 2.75) is 24.2 Å². The average Bonchev–Trinajstić information content (AvgIpc) is 3.21. The fourth-order valence-electron chi connectivity index (χ4n) is 4.31. The molecule has 31 heavy (non-hydrogen) atoms. The Labute approximate surface area is 191 Å². The molecule has 1 amide bonds. The van der Waals surface area contributed by atoms with Crippen LogP contribution in [0.15, 0.2) is 45.8 Å². The number of anilines is 1. The molecule has 2 aliphatic heterocycles. The average molecular weight is 509 g/mol. The van der Waals surface area contributed by atoms with Gasteiger partial charge in [0.15, 0.2) is 0 Å². The van der Waals surface area contributed by atoms with Crippen molar-refractivity contribution in [1.29, 1.82) is 0 Å². The van der Waals surface area contributed by atoms with Crippen molar-refractivity contribution in [2.24, 2.45) is 5.92 Å². The Hall–Kier alpha value is -2.10. The molecular weight excluding hydrogens is 484 g/mol. The number of rotatable bonds is 5. The lowest BCUT2D eigenvalue weighted by atomic mass is 9.98. The highest BCUT2D eigenvalue weighted by molar-refractivity contribution is 9.10. The maximum atomic E-state index is 13.4. The smallest absolute Gasteiger partial charge is 0.246 e. The Kier molecular flexibility index (Phi) is 6.27. The Morgan fingerprint density at radius 1 is 1.10 bits per heavy atom. The first-order valence-electron chi connectivity index (χ1n) is 10.2. The summed E-state index contributed by atoms with van der Waals surface area (Å²) in [5.41, 5.74) is 2.05. The van der Waals surface area contributed by atoms with E-state index in [-0.39, 0.29) is 29.0 Å². The fourth-order valence-corrected chi connectivity index (χ4v) is 6.41. The van der Waals surface area contributed by atoms with E-state index in [9.17, 15) is 13.2 Å². The predicted octanol–water partition coefficient (Wildman–Crippen LogP) is 3.46. The number of amides is 1.